The van der Waals surface area contributed by atoms with E-state index in [0.29, 0.717) is 29.7 Å². The predicted molar refractivity (Wildman–Crippen MR) is 120 cm³/mol. The van der Waals surface area contributed by atoms with Crippen LogP contribution in [0.25, 0.3) is 11.4 Å². The third kappa shape index (κ3) is 3.41. The Morgan fingerprint density at radius 3 is 2.53 bits per heavy atom. The van der Waals surface area contributed by atoms with Crippen molar-refractivity contribution < 1.29 is 14.3 Å². The first kappa shape index (κ1) is 20.2. The number of fused-ring (bicyclic) bond motifs is 1. The molecule has 164 valence electrons. The van der Waals surface area contributed by atoms with Crippen molar-refractivity contribution in [2.45, 2.75) is 32.7 Å². The fraction of sp³-hybridized carbons (Fsp3) is 0.333. The van der Waals surface area contributed by atoms with Crippen LogP contribution in [0.5, 0.6) is 11.5 Å². The number of nitrogens with zero attached hydrogens (tertiary/aromatic N) is 4. The van der Waals surface area contributed by atoms with Gasteiger partial charge in [-0.05, 0) is 35.6 Å². The third-order valence-corrected chi connectivity index (χ3v) is 5.94. The Morgan fingerprint density at radius 1 is 1.12 bits per heavy atom. The van der Waals surface area contributed by atoms with E-state index in [4.69, 9.17) is 19.6 Å². The van der Waals surface area contributed by atoms with Gasteiger partial charge in [-0.25, -0.2) is 4.68 Å². The lowest BCUT2D eigenvalue weighted by Crippen LogP contribution is -2.36. The zero-order valence-corrected chi connectivity index (χ0v) is 18.5. The molecule has 1 N–H and O–H groups in total. The van der Waals surface area contributed by atoms with Gasteiger partial charge in [-0.3, -0.25) is 9.78 Å². The number of methoxy groups -OCH3 is 2. The van der Waals surface area contributed by atoms with Crippen molar-refractivity contribution in [1.82, 2.24) is 19.7 Å². The molecule has 1 aliphatic heterocycles. The zero-order chi connectivity index (χ0) is 22.5. The molecule has 1 aromatic carbocycles. The van der Waals surface area contributed by atoms with Crippen LogP contribution >= 0.6 is 0 Å². The van der Waals surface area contributed by atoms with Gasteiger partial charge >= 0.3 is 0 Å². The van der Waals surface area contributed by atoms with E-state index in [2.05, 4.69) is 24.1 Å². The SMILES string of the molecule is COc1cc(OC)cc(-c2nc3n(n2)C(c2cccnc2)C2=C(CC(C)(C)CC2=O)N3)c1. The van der Waals surface area contributed by atoms with Gasteiger partial charge in [0.1, 0.15) is 17.5 Å². The third-order valence-electron chi connectivity index (χ3n) is 5.94. The number of anilines is 1. The number of rotatable bonds is 4. The van der Waals surface area contributed by atoms with Crippen LogP contribution in [0, 0.1) is 5.41 Å². The van der Waals surface area contributed by atoms with Crippen molar-refractivity contribution in [2.75, 3.05) is 19.5 Å². The number of pyridine rings is 1. The van der Waals surface area contributed by atoms with Gasteiger partial charge in [0.05, 0.1) is 14.2 Å². The molecule has 2 aliphatic rings. The lowest BCUT2D eigenvalue weighted by atomic mass is 9.73. The second-order valence-corrected chi connectivity index (χ2v) is 8.95. The number of allylic oxidation sites excluding steroid dienone is 2. The van der Waals surface area contributed by atoms with Crippen LogP contribution in [0.4, 0.5) is 5.95 Å². The highest BCUT2D eigenvalue weighted by Gasteiger charge is 2.42. The molecule has 1 aliphatic carbocycles. The minimum Gasteiger partial charge on any atom is -0.497 e. The summed E-state index contributed by atoms with van der Waals surface area (Å²) in [5.41, 5.74) is 3.20. The maximum absolute atomic E-state index is 13.3. The molecule has 3 aromatic rings. The van der Waals surface area contributed by atoms with Crippen LogP contribution in [0.15, 0.2) is 54.0 Å². The summed E-state index contributed by atoms with van der Waals surface area (Å²) in [6.45, 7) is 4.23. The summed E-state index contributed by atoms with van der Waals surface area (Å²) in [5.74, 6) is 2.55. The molecule has 1 atom stereocenters. The highest BCUT2D eigenvalue weighted by molar-refractivity contribution is 6.00. The van der Waals surface area contributed by atoms with E-state index >= 15 is 0 Å². The van der Waals surface area contributed by atoms with Gasteiger partial charge in [-0.15, -0.1) is 5.10 Å². The molecule has 0 saturated heterocycles. The van der Waals surface area contributed by atoms with E-state index in [1.54, 1.807) is 37.4 Å². The number of benzene rings is 1. The largest absolute Gasteiger partial charge is 0.497 e. The van der Waals surface area contributed by atoms with Crippen LogP contribution in [0.1, 0.15) is 38.3 Å². The second kappa shape index (κ2) is 7.47. The molecule has 0 bridgehead atoms. The summed E-state index contributed by atoms with van der Waals surface area (Å²) < 4.78 is 12.6. The molecule has 5 rings (SSSR count). The molecule has 8 nitrogen and oxygen atoms in total. The monoisotopic (exact) mass is 431 g/mol. The van der Waals surface area contributed by atoms with Gasteiger partial charge in [-0.1, -0.05) is 19.9 Å². The quantitative estimate of drug-likeness (QED) is 0.667. The Balaban J connectivity index is 1.66. The number of carbonyl (C=O) groups excluding carboxylic acids is 1. The number of ketones is 1. The van der Waals surface area contributed by atoms with Gasteiger partial charge in [0.15, 0.2) is 11.6 Å². The minimum atomic E-state index is -0.382. The maximum atomic E-state index is 13.3. The molecule has 8 heteroatoms. The van der Waals surface area contributed by atoms with E-state index in [0.717, 1.165) is 28.8 Å². The fourth-order valence-corrected chi connectivity index (χ4v) is 4.51. The summed E-state index contributed by atoms with van der Waals surface area (Å²) in [4.78, 5) is 22.3. The predicted octanol–water partition coefficient (Wildman–Crippen LogP) is 4.02. The molecular weight excluding hydrogens is 406 g/mol. The van der Waals surface area contributed by atoms with Crippen LogP contribution in [-0.2, 0) is 4.79 Å². The summed E-state index contributed by atoms with van der Waals surface area (Å²) in [5, 5.41) is 8.21. The lowest BCUT2D eigenvalue weighted by molar-refractivity contribution is -0.118. The molecule has 0 spiro atoms. The lowest BCUT2D eigenvalue weighted by Gasteiger charge is -2.38. The van der Waals surface area contributed by atoms with Crippen LogP contribution in [-0.4, -0.2) is 39.8 Å². The first-order chi connectivity index (χ1) is 15.4. The number of aromatic nitrogens is 4. The maximum Gasteiger partial charge on any atom is 0.226 e. The molecule has 32 heavy (non-hydrogen) atoms. The van der Waals surface area contributed by atoms with E-state index in [1.807, 2.05) is 24.3 Å². The van der Waals surface area contributed by atoms with Crippen molar-refractivity contribution in [3.63, 3.8) is 0 Å². The standard InChI is InChI=1S/C24H25N5O3/c1-24(2)11-18-20(19(30)12-24)21(14-6-5-7-25-13-14)29-23(26-18)27-22(28-29)15-8-16(31-3)10-17(9-15)32-4/h5-10,13,21H,11-12H2,1-4H3,(H,26,27,28). The average Bonchev–Trinajstić information content (AvgIpc) is 3.20. The number of hydrogen-bond donors (Lipinski definition) is 1. The van der Waals surface area contributed by atoms with Crippen LogP contribution in [0.3, 0.4) is 0 Å². The highest BCUT2D eigenvalue weighted by atomic mass is 16.5. The normalized spacial score (nSPS) is 19.1. The number of hydrogen-bond acceptors (Lipinski definition) is 7. The van der Waals surface area contributed by atoms with Crippen LogP contribution < -0.4 is 14.8 Å². The first-order valence-corrected chi connectivity index (χ1v) is 10.5. The molecule has 0 saturated carbocycles. The summed E-state index contributed by atoms with van der Waals surface area (Å²) in [7, 11) is 3.21. The Bertz CT molecular complexity index is 1210. The number of ether oxygens (including phenoxy) is 2. The molecule has 0 amide bonds. The first-order valence-electron chi connectivity index (χ1n) is 10.5. The van der Waals surface area contributed by atoms with Crippen LogP contribution in [0.2, 0.25) is 0 Å². The fourth-order valence-electron chi connectivity index (χ4n) is 4.51. The smallest absolute Gasteiger partial charge is 0.226 e. The van der Waals surface area contributed by atoms with Gasteiger partial charge < -0.3 is 14.8 Å². The van der Waals surface area contributed by atoms with Gasteiger partial charge in [0.25, 0.3) is 0 Å². The van der Waals surface area contributed by atoms with Gasteiger partial charge in [-0.2, -0.15) is 4.98 Å². The Labute approximate surface area is 186 Å². The van der Waals surface area contributed by atoms with Crippen molar-refractivity contribution in [3.8, 4) is 22.9 Å². The number of carbonyl (C=O) groups is 1. The average molecular weight is 431 g/mol. The van der Waals surface area contributed by atoms with Crippen molar-refractivity contribution >= 4 is 11.7 Å². The molecular formula is C24H25N5O3. The van der Waals surface area contributed by atoms with E-state index in [1.165, 1.54) is 0 Å². The van der Waals surface area contributed by atoms with Gasteiger partial charge in [0.2, 0.25) is 5.95 Å². The molecule has 3 heterocycles. The summed E-state index contributed by atoms with van der Waals surface area (Å²) in [6, 6.07) is 9.00. The van der Waals surface area contributed by atoms with E-state index in [-0.39, 0.29) is 17.2 Å². The van der Waals surface area contributed by atoms with Crippen molar-refractivity contribution in [1.29, 1.82) is 0 Å². The van der Waals surface area contributed by atoms with E-state index < -0.39 is 0 Å². The molecule has 0 radical (unpaired) electrons. The Morgan fingerprint density at radius 2 is 1.88 bits per heavy atom. The number of Topliss-reactive ketones (excluding diaryl/α,β-unsaturated/α-hetero) is 1. The molecule has 0 fully saturated rings. The second-order valence-electron chi connectivity index (χ2n) is 8.95. The Kier molecular flexibility index (Phi) is 4.73. The summed E-state index contributed by atoms with van der Waals surface area (Å²) >= 11 is 0. The number of nitrogens with one attached hydrogen (secondary N) is 1. The van der Waals surface area contributed by atoms with Crippen molar-refractivity contribution in [3.05, 3.63) is 59.6 Å². The van der Waals surface area contributed by atoms with Gasteiger partial charge in [0, 0.05) is 41.7 Å². The molecule has 2 aromatic heterocycles. The highest BCUT2D eigenvalue weighted by Crippen LogP contribution is 2.45. The Hall–Kier alpha value is -3.68. The molecule has 1 unspecified atom stereocenters. The minimum absolute atomic E-state index is 0.117. The summed E-state index contributed by atoms with van der Waals surface area (Å²) in [6.07, 6.45) is 4.77. The van der Waals surface area contributed by atoms with Crippen molar-refractivity contribution in [2.24, 2.45) is 5.41 Å². The van der Waals surface area contributed by atoms with E-state index in [9.17, 15) is 4.79 Å². The zero-order valence-electron chi connectivity index (χ0n) is 18.5. The topological polar surface area (TPSA) is 91.2 Å².